The minimum Gasteiger partial charge on any atom is -0.493 e. The first-order valence-electron chi connectivity index (χ1n) is 7.04. The second kappa shape index (κ2) is 5.82. The van der Waals surface area contributed by atoms with Crippen LogP contribution < -0.4 is 10.1 Å². The molecular weight excluding hydrogens is 272 g/mol. The van der Waals surface area contributed by atoms with E-state index in [-0.39, 0.29) is 11.9 Å². The number of halogens is 2. The highest BCUT2D eigenvalue weighted by atomic mass is 19.1. The molecule has 0 aromatic heterocycles. The lowest BCUT2D eigenvalue weighted by molar-refractivity contribution is 0.356. The first-order chi connectivity index (χ1) is 10.2. The zero-order chi connectivity index (χ0) is 14.8. The van der Waals surface area contributed by atoms with Crippen molar-refractivity contribution in [2.45, 2.75) is 18.9 Å². The number of benzene rings is 2. The molecule has 2 aromatic rings. The van der Waals surface area contributed by atoms with E-state index < -0.39 is 5.82 Å². The maximum atomic E-state index is 13.8. The van der Waals surface area contributed by atoms with Gasteiger partial charge in [0.25, 0.3) is 0 Å². The van der Waals surface area contributed by atoms with Crippen molar-refractivity contribution in [3.63, 3.8) is 0 Å². The summed E-state index contributed by atoms with van der Waals surface area (Å²) < 4.78 is 32.6. The number of hydrogen-bond acceptors (Lipinski definition) is 2. The van der Waals surface area contributed by atoms with Gasteiger partial charge in [-0.15, -0.1) is 0 Å². The lowest BCUT2D eigenvalue weighted by atomic mass is 9.96. The number of likely N-dealkylation sites (N-methyl/N-ethyl adjacent to an activating group) is 1. The Labute approximate surface area is 122 Å². The van der Waals surface area contributed by atoms with E-state index >= 15 is 0 Å². The second-order valence-corrected chi connectivity index (χ2v) is 5.25. The van der Waals surface area contributed by atoms with Gasteiger partial charge >= 0.3 is 0 Å². The standard InChI is InChI=1S/C17H17F2NO/c1-20-16(10-13-9-14(18)3-4-15(13)19)11-2-5-17-12(8-11)6-7-21-17/h2-5,8-9,16,20H,6-7,10H2,1H3. The smallest absolute Gasteiger partial charge is 0.126 e. The number of ether oxygens (including phenoxy) is 1. The lowest BCUT2D eigenvalue weighted by Crippen LogP contribution is -2.19. The highest BCUT2D eigenvalue weighted by molar-refractivity contribution is 5.41. The molecule has 0 saturated carbocycles. The van der Waals surface area contributed by atoms with Crippen molar-refractivity contribution < 1.29 is 13.5 Å². The van der Waals surface area contributed by atoms with Gasteiger partial charge in [0, 0.05) is 12.5 Å². The topological polar surface area (TPSA) is 21.3 Å². The van der Waals surface area contributed by atoms with E-state index in [1.165, 1.54) is 17.7 Å². The molecule has 1 atom stereocenters. The SMILES string of the molecule is CNC(Cc1cc(F)ccc1F)c1ccc2c(c1)CCO2. The second-order valence-electron chi connectivity index (χ2n) is 5.25. The number of fused-ring (bicyclic) bond motifs is 1. The molecule has 0 saturated heterocycles. The van der Waals surface area contributed by atoms with Crippen LogP contribution in [-0.2, 0) is 12.8 Å². The van der Waals surface area contributed by atoms with Crippen molar-refractivity contribution in [1.29, 1.82) is 0 Å². The molecule has 2 aromatic carbocycles. The molecule has 1 N–H and O–H groups in total. The van der Waals surface area contributed by atoms with Crippen LogP contribution in [0.1, 0.15) is 22.7 Å². The van der Waals surface area contributed by atoms with Gasteiger partial charge in [0.2, 0.25) is 0 Å². The summed E-state index contributed by atoms with van der Waals surface area (Å²) in [5.41, 5.74) is 2.61. The molecule has 110 valence electrons. The van der Waals surface area contributed by atoms with Crippen LogP contribution in [0.3, 0.4) is 0 Å². The molecule has 4 heteroatoms. The van der Waals surface area contributed by atoms with Crippen LogP contribution in [0.5, 0.6) is 5.75 Å². The summed E-state index contributed by atoms with van der Waals surface area (Å²) in [7, 11) is 1.82. The molecule has 3 rings (SSSR count). The summed E-state index contributed by atoms with van der Waals surface area (Å²) in [5, 5.41) is 3.17. The fraction of sp³-hybridized carbons (Fsp3) is 0.294. The van der Waals surface area contributed by atoms with Crippen molar-refractivity contribution in [1.82, 2.24) is 5.32 Å². The van der Waals surface area contributed by atoms with Gasteiger partial charge in [-0.3, -0.25) is 0 Å². The molecule has 1 heterocycles. The predicted molar refractivity (Wildman–Crippen MR) is 77.5 cm³/mol. The summed E-state index contributed by atoms with van der Waals surface area (Å²) in [5.74, 6) is 0.135. The quantitative estimate of drug-likeness (QED) is 0.931. The summed E-state index contributed by atoms with van der Waals surface area (Å²) in [6, 6.07) is 9.52. The van der Waals surface area contributed by atoms with Crippen LogP contribution in [0.15, 0.2) is 36.4 Å². The number of hydrogen-bond donors (Lipinski definition) is 1. The third kappa shape index (κ3) is 2.90. The summed E-state index contributed by atoms with van der Waals surface area (Å²) >= 11 is 0. The van der Waals surface area contributed by atoms with Gasteiger partial charge in [0.1, 0.15) is 17.4 Å². The zero-order valence-electron chi connectivity index (χ0n) is 11.8. The third-order valence-electron chi connectivity index (χ3n) is 3.90. The van der Waals surface area contributed by atoms with Crippen LogP contribution in [0.4, 0.5) is 8.78 Å². The third-order valence-corrected chi connectivity index (χ3v) is 3.90. The average molecular weight is 289 g/mol. The van der Waals surface area contributed by atoms with Crippen LogP contribution in [-0.4, -0.2) is 13.7 Å². The molecule has 1 aliphatic rings. The molecule has 0 bridgehead atoms. The van der Waals surface area contributed by atoms with E-state index in [0.29, 0.717) is 18.6 Å². The van der Waals surface area contributed by atoms with Crippen LogP contribution in [0.25, 0.3) is 0 Å². The zero-order valence-corrected chi connectivity index (χ0v) is 11.8. The van der Waals surface area contributed by atoms with E-state index in [0.717, 1.165) is 23.8 Å². The molecule has 0 aliphatic carbocycles. The Kier molecular flexibility index (Phi) is 3.88. The first kappa shape index (κ1) is 14.0. The fourth-order valence-electron chi connectivity index (χ4n) is 2.73. The number of nitrogens with one attached hydrogen (secondary N) is 1. The Hall–Kier alpha value is -1.94. The molecule has 1 aliphatic heterocycles. The van der Waals surface area contributed by atoms with Crippen molar-refractivity contribution >= 4 is 0 Å². The Morgan fingerprint density at radius 3 is 2.86 bits per heavy atom. The molecule has 0 radical (unpaired) electrons. The van der Waals surface area contributed by atoms with Gasteiger partial charge in [-0.05, 0) is 54.4 Å². The highest BCUT2D eigenvalue weighted by Gasteiger charge is 2.17. The molecule has 0 amide bonds. The fourth-order valence-corrected chi connectivity index (χ4v) is 2.73. The van der Waals surface area contributed by atoms with E-state index in [9.17, 15) is 8.78 Å². The minimum absolute atomic E-state index is 0.0628. The van der Waals surface area contributed by atoms with E-state index in [4.69, 9.17) is 4.74 Å². The lowest BCUT2D eigenvalue weighted by Gasteiger charge is -2.18. The normalized spacial score (nSPS) is 14.6. The molecule has 1 unspecified atom stereocenters. The molecular formula is C17H17F2NO. The predicted octanol–water partition coefficient (Wildman–Crippen LogP) is 3.40. The molecule has 0 spiro atoms. The first-order valence-corrected chi connectivity index (χ1v) is 7.04. The summed E-state index contributed by atoms with van der Waals surface area (Å²) in [4.78, 5) is 0. The molecule has 2 nitrogen and oxygen atoms in total. The highest BCUT2D eigenvalue weighted by Crippen LogP contribution is 2.29. The van der Waals surface area contributed by atoms with Crippen molar-refractivity contribution in [3.05, 3.63) is 64.7 Å². The Morgan fingerprint density at radius 2 is 2.05 bits per heavy atom. The van der Waals surface area contributed by atoms with E-state index in [1.54, 1.807) is 0 Å². The summed E-state index contributed by atoms with van der Waals surface area (Å²) in [6.45, 7) is 0.710. The van der Waals surface area contributed by atoms with E-state index in [1.807, 2.05) is 19.2 Å². The maximum Gasteiger partial charge on any atom is 0.126 e. The van der Waals surface area contributed by atoms with Crippen molar-refractivity contribution in [2.24, 2.45) is 0 Å². The molecule has 21 heavy (non-hydrogen) atoms. The van der Waals surface area contributed by atoms with Crippen LogP contribution in [0.2, 0.25) is 0 Å². The summed E-state index contributed by atoms with van der Waals surface area (Å²) in [6.07, 6.45) is 1.30. The maximum absolute atomic E-state index is 13.8. The minimum atomic E-state index is -0.413. The van der Waals surface area contributed by atoms with Crippen LogP contribution in [0, 0.1) is 11.6 Å². The Morgan fingerprint density at radius 1 is 1.19 bits per heavy atom. The Bertz CT molecular complexity index is 657. The van der Waals surface area contributed by atoms with Gasteiger partial charge in [-0.2, -0.15) is 0 Å². The Balaban J connectivity index is 1.86. The van der Waals surface area contributed by atoms with E-state index in [2.05, 4.69) is 11.4 Å². The average Bonchev–Trinajstić information content (AvgIpc) is 2.95. The van der Waals surface area contributed by atoms with Gasteiger partial charge in [0.15, 0.2) is 0 Å². The monoisotopic (exact) mass is 289 g/mol. The van der Waals surface area contributed by atoms with Crippen molar-refractivity contribution in [3.8, 4) is 5.75 Å². The van der Waals surface area contributed by atoms with Gasteiger partial charge < -0.3 is 10.1 Å². The number of rotatable bonds is 4. The van der Waals surface area contributed by atoms with Crippen molar-refractivity contribution in [2.75, 3.05) is 13.7 Å². The van der Waals surface area contributed by atoms with Crippen LogP contribution >= 0.6 is 0 Å². The van der Waals surface area contributed by atoms with Gasteiger partial charge in [-0.25, -0.2) is 8.78 Å². The molecule has 0 fully saturated rings. The largest absolute Gasteiger partial charge is 0.493 e. The van der Waals surface area contributed by atoms with Gasteiger partial charge in [0.05, 0.1) is 6.61 Å². The van der Waals surface area contributed by atoms with Gasteiger partial charge in [-0.1, -0.05) is 12.1 Å².